The number of nitrogens with one attached hydrogen (secondary N) is 2. The fraction of sp³-hybridized carbons (Fsp3) is 0.385. The van der Waals surface area contributed by atoms with E-state index in [1.54, 1.807) is 19.2 Å². The molecule has 0 radical (unpaired) electrons. The minimum atomic E-state index is -0.456. The average molecular weight is 250 g/mol. The third-order valence-electron chi connectivity index (χ3n) is 2.46. The number of esters is 1. The number of benzene rings is 1. The smallest absolute Gasteiger partial charge is 0.339 e. The van der Waals surface area contributed by atoms with Crippen LogP contribution in [0.25, 0.3) is 0 Å². The second kappa shape index (κ2) is 6.76. The topological polar surface area (TPSA) is 67.4 Å². The molecule has 0 aliphatic carbocycles. The van der Waals surface area contributed by atoms with Crippen molar-refractivity contribution < 1.29 is 14.3 Å². The molecule has 0 atom stereocenters. The van der Waals surface area contributed by atoms with Gasteiger partial charge in [0.2, 0.25) is 5.91 Å². The SMILES string of the molecule is CNCCC(=O)Nc1ccc(C)cc1C(=O)OC. The van der Waals surface area contributed by atoms with E-state index in [9.17, 15) is 9.59 Å². The number of carbonyl (C=O) groups excluding carboxylic acids is 2. The minimum Gasteiger partial charge on any atom is -0.465 e. The van der Waals surface area contributed by atoms with Crippen LogP contribution in [0.15, 0.2) is 18.2 Å². The van der Waals surface area contributed by atoms with Gasteiger partial charge in [0.05, 0.1) is 18.4 Å². The maximum Gasteiger partial charge on any atom is 0.339 e. The molecule has 5 heteroatoms. The quantitative estimate of drug-likeness (QED) is 0.774. The number of anilines is 1. The van der Waals surface area contributed by atoms with Crippen LogP contribution in [0.5, 0.6) is 0 Å². The van der Waals surface area contributed by atoms with Crippen molar-refractivity contribution in [2.45, 2.75) is 13.3 Å². The van der Waals surface area contributed by atoms with E-state index in [0.29, 0.717) is 24.2 Å². The highest BCUT2D eigenvalue weighted by molar-refractivity contribution is 6.01. The van der Waals surface area contributed by atoms with Crippen LogP contribution < -0.4 is 10.6 Å². The van der Waals surface area contributed by atoms with Crippen LogP contribution in [0.3, 0.4) is 0 Å². The Bertz CT molecular complexity index is 444. The molecule has 0 aliphatic rings. The van der Waals surface area contributed by atoms with Gasteiger partial charge in [-0.05, 0) is 26.1 Å². The zero-order chi connectivity index (χ0) is 13.5. The number of hydrogen-bond donors (Lipinski definition) is 2. The van der Waals surface area contributed by atoms with Crippen molar-refractivity contribution in [1.82, 2.24) is 5.32 Å². The van der Waals surface area contributed by atoms with Crippen LogP contribution in [0.4, 0.5) is 5.69 Å². The van der Waals surface area contributed by atoms with Gasteiger partial charge >= 0.3 is 5.97 Å². The molecule has 5 nitrogen and oxygen atoms in total. The third-order valence-corrected chi connectivity index (χ3v) is 2.46. The first-order valence-electron chi connectivity index (χ1n) is 5.72. The summed E-state index contributed by atoms with van der Waals surface area (Å²) in [6.07, 6.45) is 0.352. The van der Waals surface area contributed by atoms with Crippen LogP contribution in [-0.4, -0.2) is 32.6 Å². The summed E-state index contributed by atoms with van der Waals surface area (Å²) >= 11 is 0. The predicted octanol–water partition coefficient (Wildman–Crippen LogP) is 1.33. The molecule has 0 spiro atoms. The Kier molecular flexibility index (Phi) is 5.32. The molecule has 0 fully saturated rings. The summed E-state index contributed by atoms with van der Waals surface area (Å²) in [6.45, 7) is 2.46. The highest BCUT2D eigenvalue weighted by Gasteiger charge is 2.13. The molecule has 1 aromatic carbocycles. The highest BCUT2D eigenvalue weighted by Crippen LogP contribution is 2.18. The molecule has 1 aromatic rings. The van der Waals surface area contributed by atoms with Gasteiger partial charge in [0.1, 0.15) is 0 Å². The van der Waals surface area contributed by atoms with E-state index >= 15 is 0 Å². The van der Waals surface area contributed by atoms with E-state index in [4.69, 9.17) is 4.74 Å². The molecule has 0 aromatic heterocycles. The van der Waals surface area contributed by atoms with Gasteiger partial charge in [-0.15, -0.1) is 0 Å². The van der Waals surface area contributed by atoms with Crippen molar-refractivity contribution in [3.8, 4) is 0 Å². The van der Waals surface area contributed by atoms with Crippen molar-refractivity contribution in [2.24, 2.45) is 0 Å². The van der Waals surface area contributed by atoms with Gasteiger partial charge in [0.25, 0.3) is 0 Å². The van der Waals surface area contributed by atoms with E-state index < -0.39 is 5.97 Å². The van der Waals surface area contributed by atoms with Crippen LogP contribution in [0.2, 0.25) is 0 Å². The number of methoxy groups -OCH3 is 1. The highest BCUT2D eigenvalue weighted by atomic mass is 16.5. The Balaban J connectivity index is 2.87. The van der Waals surface area contributed by atoms with Gasteiger partial charge in [-0.25, -0.2) is 4.79 Å². The van der Waals surface area contributed by atoms with E-state index in [-0.39, 0.29) is 5.91 Å². The van der Waals surface area contributed by atoms with E-state index in [1.165, 1.54) is 7.11 Å². The second-order valence-corrected chi connectivity index (χ2v) is 3.94. The molecule has 2 N–H and O–H groups in total. The van der Waals surface area contributed by atoms with Crippen LogP contribution in [0.1, 0.15) is 22.3 Å². The Morgan fingerprint density at radius 2 is 2.06 bits per heavy atom. The third kappa shape index (κ3) is 3.85. The van der Waals surface area contributed by atoms with Crippen LogP contribution in [0, 0.1) is 6.92 Å². The van der Waals surface area contributed by atoms with Crippen LogP contribution >= 0.6 is 0 Å². The lowest BCUT2D eigenvalue weighted by Crippen LogP contribution is -2.20. The first-order valence-corrected chi connectivity index (χ1v) is 5.72. The number of ether oxygens (including phenoxy) is 1. The summed E-state index contributed by atoms with van der Waals surface area (Å²) < 4.78 is 4.69. The van der Waals surface area contributed by atoms with Crippen molar-refractivity contribution in [2.75, 3.05) is 26.0 Å². The first kappa shape index (κ1) is 14.2. The lowest BCUT2D eigenvalue weighted by molar-refractivity contribution is -0.116. The van der Waals surface area contributed by atoms with Crippen LogP contribution in [-0.2, 0) is 9.53 Å². The minimum absolute atomic E-state index is 0.140. The van der Waals surface area contributed by atoms with Crippen molar-refractivity contribution in [3.05, 3.63) is 29.3 Å². The molecule has 0 aliphatic heterocycles. The number of amides is 1. The summed E-state index contributed by atoms with van der Waals surface area (Å²) in [5, 5.41) is 5.60. The van der Waals surface area contributed by atoms with E-state index in [2.05, 4.69) is 10.6 Å². The lowest BCUT2D eigenvalue weighted by atomic mass is 10.1. The number of rotatable bonds is 5. The fourth-order valence-electron chi connectivity index (χ4n) is 1.50. The zero-order valence-electron chi connectivity index (χ0n) is 10.9. The maximum atomic E-state index is 11.6. The van der Waals surface area contributed by atoms with Gasteiger partial charge in [-0.1, -0.05) is 11.6 Å². The summed E-state index contributed by atoms with van der Waals surface area (Å²) in [6, 6.07) is 5.23. The van der Waals surface area contributed by atoms with E-state index in [1.807, 2.05) is 13.0 Å². The number of hydrogen-bond acceptors (Lipinski definition) is 4. The maximum absolute atomic E-state index is 11.6. The van der Waals surface area contributed by atoms with Gasteiger partial charge in [-0.3, -0.25) is 4.79 Å². The van der Waals surface area contributed by atoms with Gasteiger partial charge < -0.3 is 15.4 Å². The number of aryl methyl sites for hydroxylation is 1. The average Bonchev–Trinajstić information content (AvgIpc) is 2.37. The largest absolute Gasteiger partial charge is 0.465 e. The lowest BCUT2D eigenvalue weighted by Gasteiger charge is -2.10. The van der Waals surface area contributed by atoms with Crippen molar-refractivity contribution in [1.29, 1.82) is 0 Å². The Morgan fingerprint density at radius 3 is 2.67 bits per heavy atom. The summed E-state index contributed by atoms with van der Waals surface area (Å²) in [5.74, 6) is -0.596. The second-order valence-electron chi connectivity index (χ2n) is 3.94. The van der Waals surface area contributed by atoms with Crippen molar-refractivity contribution >= 4 is 17.6 Å². The molecular weight excluding hydrogens is 232 g/mol. The Morgan fingerprint density at radius 1 is 1.33 bits per heavy atom. The standard InChI is InChI=1S/C13H18N2O3/c1-9-4-5-11(10(8-9)13(17)18-3)15-12(16)6-7-14-2/h4-5,8,14H,6-7H2,1-3H3,(H,15,16). The molecule has 1 amide bonds. The molecule has 0 saturated carbocycles. The molecule has 0 unspecified atom stereocenters. The van der Waals surface area contributed by atoms with Crippen molar-refractivity contribution in [3.63, 3.8) is 0 Å². The molecule has 0 heterocycles. The molecule has 1 rings (SSSR count). The molecule has 98 valence electrons. The monoisotopic (exact) mass is 250 g/mol. The predicted molar refractivity (Wildman–Crippen MR) is 69.7 cm³/mol. The molecule has 0 bridgehead atoms. The Labute approximate surface area is 107 Å². The molecule has 18 heavy (non-hydrogen) atoms. The first-order chi connectivity index (χ1) is 8.58. The van der Waals surface area contributed by atoms with Gasteiger partial charge in [0.15, 0.2) is 0 Å². The number of carbonyl (C=O) groups is 2. The van der Waals surface area contributed by atoms with E-state index in [0.717, 1.165) is 5.56 Å². The fourth-order valence-corrected chi connectivity index (χ4v) is 1.50. The zero-order valence-corrected chi connectivity index (χ0v) is 10.9. The summed E-state index contributed by atoms with van der Waals surface area (Å²) in [5.41, 5.74) is 1.78. The summed E-state index contributed by atoms with van der Waals surface area (Å²) in [4.78, 5) is 23.2. The van der Waals surface area contributed by atoms with Gasteiger partial charge in [0, 0.05) is 13.0 Å². The molecule has 0 saturated heterocycles. The van der Waals surface area contributed by atoms with Gasteiger partial charge in [-0.2, -0.15) is 0 Å². The Hall–Kier alpha value is -1.88. The summed E-state index contributed by atoms with van der Waals surface area (Å²) in [7, 11) is 3.09. The molecular formula is C13H18N2O3. The normalized spacial score (nSPS) is 9.94.